The van der Waals surface area contributed by atoms with Gasteiger partial charge in [0, 0.05) is 5.56 Å². The molecule has 1 N–H and O–H groups in total. The van der Waals surface area contributed by atoms with Crippen LogP contribution in [0.3, 0.4) is 0 Å². The molecule has 1 aromatic carbocycles. The van der Waals surface area contributed by atoms with Gasteiger partial charge in [0.25, 0.3) is 0 Å². The maximum Gasteiger partial charge on any atom is 0.339 e. The van der Waals surface area contributed by atoms with Crippen molar-refractivity contribution >= 4 is 5.97 Å². The first kappa shape index (κ1) is 12.7. The molecular weight excluding hydrogens is 236 g/mol. The zero-order valence-electron chi connectivity index (χ0n) is 10.4. The largest absolute Gasteiger partial charge is 0.486 e. The second-order valence-corrected chi connectivity index (χ2v) is 4.03. The summed E-state index contributed by atoms with van der Waals surface area (Å²) in [6, 6.07) is 3.52. The minimum Gasteiger partial charge on any atom is -0.486 e. The molecule has 0 saturated carbocycles. The Labute approximate surface area is 105 Å². The van der Waals surface area contributed by atoms with E-state index < -0.39 is 12.1 Å². The van der Waals surface area contributed by atoms with Crippen LogP contribution in [-0.4, -0.2) is 30.9 Å². The van der Waals surface area contributed by atoms with Gasteiger partial charge in [-0.1, -0.05) is 0 Å². The van der Waals surface area contributed by atoms with Crippen LogP contribution in [0.4, 0.5) is 0 Å². The number of hydrogen-bond acceptors (Lipinski definition) is 5. The van der Waals surface area contributed by atoms with Crippen molar-refractivity contribution in [2.75, 3.05) is 19.8 Å². The first-order chi connectivity index (χ1) is 8.63. The first-order valence-electron chi connectivity index (χ1n) is 5.88. The standard InChI is InChI=1S/C13H16O5/c1-3-16-13(15)11(14)9-6-8(2)7-10-12(9)18-5-4-17-10/h6-7,11,14H,3-5H2,1-2H3. The summed E-state index contributed by atoms with van der Waals surface area (Å²) >= 11 is 0. The number of esters is 1. The highest BCUT2D eigenvalue weighted by atomic mass is 16.6. The third-order valence-electron chi connectivity index (χ3n) is 2.62. The van der Waals surface area contributed by atoms with Crippen LogP contribution in [0.15, 0.2) is 12.1 Å². The van der Waals surface area contributed by atoms with E-state index in [2.05, 4.69) is 0 Å². The van der Waals surface area contributed by atoms with Crippen LogP contribution in [0.25, 0.3) is 0 Å². The minimum absolute atomic E-state index is 0.223. The lowest BCUT2D eigenvalue weighted by Crippen LogP contribution is -2.21. The molecule has 18 heavy (non-hydrogen) atoms. The summed E-state index contributed by atoms with van der Waals surface area (Å²) < 4.78 is 15.7. The van der Waals surface area contributed by atoms with Gasteiger partial charge in [-0.25, -0.2) is 4.79 Å². The van der Waals surface area contributed by atoms with Crippen LogP contribution in [0.5, 0.6) is 11.5 Å². The highest BCUT2D eigenvalue weighted by molar-refractivity contribution is 5.78. The van der Waals surface area contributed by atoms with Crippen LogP contribution >= 0.6 is 0 Å². The molecule has 1 heterocycles. The molecule has 98 valence electrons. The van der Waals surface area contributed by atoms with E-state index in [-0.39, 0.29) is 6.61 Å². The summed E-state index contributed by atoms with van der Waals surface area (Å²) in [4.78, 5) is 11.6. The molecule has 1 aromatic rings. The molecule has 5 nitrogen and oxygen atoms in total. The Bertz CT molecular complexity index is 455. The van der Waals surface area contributed by atoms with E-state index in [1.807, 2.05) is 13.0 Å². The first-order valence-corrected chi connectivity index (χ1v) is 5.88. The molecular formula is C13H16O5. The fraction of sp³-hybridized carbons (Fsp3) is 0.462. The number of hydrogen-bond donors (Lipinski definition) is 1. The number of aliphatic hydroxyl groups excluding tert-OH is 1. The van der Waals surface area contributed by atoms with Gasteiger partial charge < -0.3 is 19.3 Å². The Morgan fingerprint density at radius 1 is 1.44 bits per heavy atom. The maximum absolute atomic E-state index is 11.6. The molecule has 5 heteroatoms. The molecule has 0 aromatic heterocycles. The number of fused-ring (bicyclic) bond motifs is 1. The van der Waals surface area contributed by atoms with E-state index in [0.717, 1.165) is 5.56 Å². The molecule has 1 unspecified atom stereocenters. The van der Waals surface area contributed by atoms with Crippen LogP contribution < -0.4 is 9.47 Å². The lowest BCUT2D eigenvalue weighted by Gasteiger charge is -2.23. The topological polar surface area (TPSA) is 65.0 Å². The van der Waals surface area contributed by atoms with Crippen molar-refractivity contribution in [2.45, 2.75) is 20.0 Å². The van der Waals surface area contributed by atoms with Gasteiger partial charge in [-0.05, 0) is 31.5 Å². The number of benzene rings is 1. The lowest BCUT2D eigenvalue weighted by atomic mass is 10.0. The highest BCUT2D eigenvalue weighted by Crippen LogP contribution is 2.38. The monoisotopic (exact) mass is 252 g/mol. The summed E-state index contributed by atoms with van der Waals surface area (Å²) in [6.07, 6.45) is -1.35. The second kappa shape index (κ2) is 5.27. The number of carbonyl (C=O) groups is 1. The molecule has 1 aliphatic rings. The number of aliphatic hydroxyl groups is 1. The zero-order chi connectivity index (χ0) is 13.1. The van der Waals surface area contributed by atoms with Gasteiger partial charge in [0.05, 0.1) is 6.61 Å². The minimum atomic E-state index is -1.35. The third-order valence-corrected chi connectivity index (χ3v) is 2.62. The number of rotatable bonds is 3. The molecule has 0 saturated heterocycles. The SMILES string of the molecule is CCOC(=O)C(O)c1cc(C)cc2c1OCCO2. The van der Waals surface area contributed by atoms with E-state index in [4.69, 9.17) is 14.2 Å². The summed E-state index contributed by atoms with van der Waals surface area (Å²) in [5.74, 6) is 0.298. The van der Waals surface area contributed by atoms with Crippen molar-refractivity contribution in [3.8, 4) is 11.5 Å². The average Bonchev–Trinajstić information content (AvgIpc) is 2.37. The van der Waals surface area contributed by atoms with Crippen LogP contribution in [-0.2, 0) is 9.53 Å². The zero-order valence-corrected chi connectivity index (χ0v) is 10.4. The number of ether oxygens (including phenoxy) is 3. The van der Waals surface area contributed by atoms with E-state index in [1.54, 1.807) is 13.0 Å². The van der Waals surface area contributed by atoms with Crippen molar-refractivity contribution in [3.05, 3.63) is 23.3 Å². The average molecular weight is 252 g/mol. The Morgan fingerprint density at radius 2 is 2.17 bits per heavy atom. The summed E-state index contributed by atoms with van der Waals surface area (Å²) in [5.41, 5.74) is 1.28. The smallest absolute Gasteiger partial charge is 0.339 e. The number of aryl methyl sites for hydroxylation is 1. The van der Waals surface area contributed by atoms with Gasteiger partial charge in [0.1, 0.15) is 13.2 Å². The Balaban J connectivity index is 2.37. The van der Waals surface area contributed by atoms with Gasteiger partial charge in [0.2, 0.25) is 0 Å². The molecule has 1 atom stereocenters. The normalized spacial score (nSPS) is 15.1. The van der Waals surface area contributed by atoms with Crippen molar-refractivity contribution in [3.63, 3.8) is 0 Å². The Morgan fingerprint density at radius 3 is 2.89 bits per heavy atom. The van der Waals surface area contributed by atoms with Gasteiger partial charge in [-0.2, -0.15) is 0 Å². The molecule has 2 rings (SSSR count). The van der Waals surface area contributed by atoms with E-state index >= 15 is 0 Å². The predicted molar refractivity (Wildman–Crippen MR) is 63.8 cm³/mol. The van der Waals surface area contributed by atoms with Gasteiger partial charge in [-0.15, -0.1) is 0 Å². The van der Waals surface area contributed by atoms with Gasteiger partial charge in [-0.3, -0.25) is 0 Å². The molecule has 0 bridgehead atoms. The predicted octanol–water partition coefficient (Wildman–Crippen LogP) is 1.36. The van der Waals surface area contributed by atoms with Crippen LogP contribution in [0, 0.1) is 6.92 Å². The quantitative estimate of drug-likeness (QED) is 0.823. The van der Waals surface area contributed by atoms with Gasteiger partial charge in [0.15, 0.2) is 17.6 Å². The van der Waals surface area contributed by atoms with Crippen LogP contribution in [0.2, 0.25) is 0 Å². The van der Waals surface area contributed by atoms with Crippen molar-refractivity contribution in [1.29, 1.82) is 0 Å². The molecule has 0 fully saturated rings. The maximum atomic E-state index is 11.6. The fourth-order valence-corrected chi connectivity index (χ4v) is 1.88. The summed E-state index contributed by atoms with van der Waals surface area (Å²) in [7, 11) is 0. The van der Waals surface area contributed by atoms with Gasteiger partial charge >= 0.3 is 5.97 Å². The van der Waals surface area contributed by atoms with E-state index in [1.165, 1.54) is 0 Å². The van der Waals surface area contributed by atoms with E-state index in [0.29, 0.717) is 30.3 Å². The van der Waals surface area contributed by atoms with Crippen LogP contribution in [0.1, 0.15) is 24.2 Å². The lowest BCUT2D eigenvalue weighted by molar-refractivity contribution is -0.153. The Kier molecular flexibility index (Phi) is 3.72. The molecule has 0 radical (unpaired) electrons. The molecule has 1 aliphatic heterocycles. The molecule has 0 amide bonds. The fourth-order valence-electron chi connectivity index (χ4n) is 1.88. The summed E-state index contributed by atoms with van der Waals surface area (Å²) in [6.45, 7) is 4.64. The Hall–Kier alpha value is -1.75. The highest BCUT2D eigenvalue weighted by Gasteiger charge is 2.27. The molecule has 0 aliphatic carbocycles. The number of carbonyl (C=O) groups excluding carboxylic acids is 1. The molecule has 0 spiro atoms. The summed E-state index contributed by atoms with van der Waals surface area (Å²) in [5, 5.41) is 9.99. The van der Waals surface area contributed by atoms with Crippen molar-refractivity contribution in [1.82, 2.24) is 0 Å². The van der Waals surface area contributed by atoms with E-state index in [9.17, 15) is 9.90 Å². The van der Waals surface area contributed by atoms with Crippen molar-refractivity contribution < 1.29 is 24.1 Å². The van der Waals surface area contributed by atoms with Crippen molar-refractivity contribution in [2.24, 2.45) is 0 Å². The second-order valence-electron chi connectivity index (χ2n) is 4.03. The third kappa shape index (κ3) is 2.41.